The summed E-state index contributed by atoms with van der Waals surface area (Å²) in [6.45, 7) is 11.9. The lowest BCUT2D eigenvalue weighted by Gasteiger charge is -2.22. The molecule has 0 saturated carbocycles. The van der Waals surface area contributed by atoms with Crippen molar-refractivity contribution in [2.24, 2.45) is 11.8 Å². The molecule has 1 aromatic heterocycles. The molecule has 0 unspecified atom stereocenters. The average molecular weight is 342 g/mol. The first-order chi connectivity index (χ1) is 9.40. The van der Waals surface area contributed by atoms with Crippen molar-refractivity contribution in [3.63, 3.8) is 0 Å². The van der Waals surface area contributed by atoms with Gasteiger partial charge in [-0.2, -0.15) is 0 Å². The van der Waals surface area contributed by atoms with Gasteiger partial charge < -0.3 is 10.2 Å². The predicted octanol–water partition coefficient (Wildman–Crippen LogP) is 4.07. The SMILES string of the molecule is CC(C)CCN(C)c1ncc(Br)cc1CNCC(C)C. The number of nitrogens with zero attached hydrogens (tertiary/aromatic N) is 2. The van der Waals surface area contributed by atoms with Gasteiger partial charge in [-0.3, -0.25) is 0 Å². The molecule has 0 aliphatic rings. The highest BCUT2D eigenvalue weighted by molar-refractivity contribution is 9.10. The zero-order valence-corrected chi connectivity index (χ0v) is 15.0. The maximum absolute atomic E-state index is 4.59. The number of hydrogen-bond acceptors (Lipinski definition) is 3. The smallest absolute Gasteiger partial charge is 0.132 e. The van der Waals surface area contributed by atoms with Crippen molar-refractivity contribution < 1.29 is 0 Å². The van der Waals surface area contributed by atoms with Crippen LogP contribution in [0.25, 0.3) is 0 Å². The molecule has 0 aromatic carbocycles. The molecule has 0 aliphatic carbocycles. The lowest BCUT2D eigenvalue weighted by Crippen LogP contribution is -2.25. The van der Waals surface area contributed by atoms with E-state index in [1.807, 2.05) is 6.20 Å². The van der Waals surface area contributed by atoms with Crippen LogP contribution in [0.4, 0.5) is 5.82 Å². The van der Waals surface area contributed by atoms with Crippen molar-refractivity contribution in [2.45, 2.75) is 40.7 Å². The van der Waals surface area contributed by atoms with Gasteiger partial charge in [0.15, 0.2) is 0 Å². The number of anilines is 1. The fraction of sp³-hybridized carbons (Fsp3) is 0.688. The molecule has 0 amide bonds. The summed E-state index contributed by atoms with van der Waals surface area (Å²) in [5.74, 6) is 2.47. The first kappa shape index (κ1) is 17.4. The summed E-state index contributed by atoms with van der Waals surface area (Å²) in [5.41, 5.74) is 1.26. The minimum absolute atomic E-state index is 0.664. The fourth-order valence-corrected chi connectivity index (χ4v) is 2.38. The molecule has 1 heterocycles. The van der Waals surface area contributed by atoms with Gasteiger partial charge >= 0.3 is 0 Å². The summed E-state index contributed by atoms with van der Waals surface area (Å²) in [7, 11) is 2.13. The van der Waals surface area contributed by atoms with E-state index in [0.29, 0.717) is 5.92 Å². The number of rotatable bonds is 8. The maximum Gasteiger partial charge on any atom is 0.132 e. The highest BCUT2D eigenvalue weighted by atomic mass is 79.9. The molecule has 1 aromatic rings. The third-order valence-corrected chi connectivity index (χ3v) is 3.61. The number of pyridine rings is 1. The minimum atomic E-state index is 0.664. The van der Waals surface area contributed by atoms with Gasteiger partial charge in [0.05, 0.1) is 0 Å². The Hall–Kier alpha value is -0.610. The Morgan fingerprint density at radius 1 is 1.25 bits per heavy atom. The summed E-state index contributed by atoms with van der Waals surface area (Å²) in [4.78, 5) is 6.86. The fourth-order valence-electron chi connectivity index (χ4n) is 2.00. The van der Waals surface area contributed by atoms with E-state index in [4.69, 9.17) is 0 Å². The highest BCUT2D eigenvalue weighted by Gasteiger charge is 2.10. The van der Waals surface area contributed by atoms with Crippen molar-refractivity contribution in [1.29, 1.82) is 0 Å². The van der Waals surface area contributed by atoms with Crippen molar-refractivity contribution in [3.8, 4) is 0 Å². The van der Waals surface area contributed by atoms with Crippen molar-refractivity contribution >= 4 is 21.7 Å². The van der Waals surface area contributed by atoms with E-state index in [-0.39, 0.29) is 0 Å². The van der Waals surface area contributed by atoms with Crippen LogP contribution in [0.3, 0.4) is 0 Å². The van der Waals surface area contributed by atoms with Gasteiger partial charge in [0, 0.05) is 36.4 Å². The van der Waals surface area contributed by atoms with Crippen LogP contribution in [0.2, 0.25) is 0 Å². The average Bonchev–Trinajstić information content (AvgIpc) is 2.35. The van der Waals surface area contributed by atoms with E-state index in [9.17, 15) is 0 Å². The maximum atomic E-state index is 4.59. The van der Waals surface area contributed by atoms with Crippen LogP contribution in [-0.2, 0) is 6.54 Å². The molecule has 0 fully saturated rings. The van der Waals surface area contributed by atoms with Crippen LogP contribution in [0.1, 0.15) is 39.7 Å². The Morgan fingerprint density at radius 3 is 2.55 bits per heavy atom. The highest BCUT2D eigenvalue weighted by Crippen LogP contribution is 2.21. The zero-order chi connectivity index (χ0) is 15.1. The molecule has 1 N–H and O–H groups in total. The molecule has 0 bridgehead atoms. The second-order valence-electron chi connectivity index (χ2n) is 6.27. The van der Waals surface area contributed by atoms with Gasteiger partial charge in [0.1, 0.15) is 5.82 Å². The minimum Gasteiger partial charge on any atom is -0.359 e. The molecule has 20 heavy (non-hydrogen) atoms. The number of aromatic nitrogens is 1. The molecule has 0 spiro atoms. The van der Waals surface area contributed by atoms with Crippen LogP contribution in [0.15, 0.2) is 16.7 Å². The Labute approximate surface area is 132 Å². The Morgan fingerprint density at radius 2 is 1.95 bits per heavy atom. The summed E-state index contributed by atoms with van der Waals surface area (Å²) in [6, 6.07) is 2.17. The zero-order valence-electron chi connectivity index (χ0n) is 13.4. The molecule has 3 nitrogen and oxygen atoms in total. The third kappa shape index (κ3) is 6.23. The normalized spacial score (nSPS) is 11.4. The van der Waals surface area contributed by atoms with E-state index < -0.39 is 0 Å². The Kier molecular flexibility index (Phi) is 7.52. The molecule has 0 saturated heterocycles. The predicted molar refractivity (Wildman–Crippen MR) is 91.2 cm³/mol. The van der Waals surface area contributed by atoms with E-state index in [1.54, 1.807) is 0 Å². The lowest BCUT2D eigenvalue weighted by atomic mass is 10.1. The quantitative estimate of drug-likeness (QED) is 0.772. The Bertz CT molecular complexity index is 405. The van der Waals surface area contributed by atoms with Crippen LogP contribution in [-0.4, -0.2) is 25.1 Å². The number of nitrogens with one attached hydrogen (secondary N) is 1. The van der Waals surface area contributed by atoms with Gasteiger partial charge in [-0.1, -0.05) is 27.7 Å². The third-order valence-electron chi connectivity index (χ3n) is 3.18. The van der Waals surface area contributed by atoms with Crippen LogP contribution < -0.4 is 10.2 Å². The van der Waals surface area contributed by atoms with E-state index in [2.05, 4.69) is 71.9 Å². The van der Waals surface area contributed by atoms with E-state index in [1.165, 1.54) is 12.0 Å². The van der Waals surface area contributed by atoms with Gasteiger partial charge in [0.2, 0.25) is 0 Å². The summed E-state index contributed by atoms with van der Waals surface area (Å²) in [6.07, 6.45) is 3.07. The van der Waals surface area contributed by atoms with Gasteiger partial charge in [-0.15, -0.1) is 0 Å². The molecular weight excluding hydrogens is 314 g/mol. The lowest BCUT2D eigenvalue weighted by molar-refractivity contribution is 0.550. The molecule has 1 rings (SSSR count). The van der Waals surface area contributed by atoms with E-state index in [0.717, 1.165) is 35.8 Å². The second kappa shape index (κ2) is 8.63. The molecule has 0 atom stereocenters. The van der Waals surface area contributed by atoms with Crippen LogP contribution in [0.5, 0.6) is 0 Å². The summed E-state index contributed by atoms with van der Waals surface area (Å²) < 4.78 is 1.04. The molecule has 4 heteroatoms. The van der Waals surface area contributed by atoms with Crippen molar-refractivity contribution in [3.05, 3.63) is 22.3 Å². The van der Waals surface area contributed by atoms with Gasteiger partial charge in [-0.05, 0) is 46.8 Å². The van der Waals surface area contributed by atoms with E-state index >= 15 is 0 Å². The van der Waals surface area contributed by atoms with Crippen LogP contribution >= 0.6 is 15.9 Å². The summed E-state index contributed by atoms with van der Waals surface area (Å²) in [5, 5.41) is 3.50. The van der Waals surface area contributed by atoms with Crippen molar-refractivity contribution in [1.82, 2.24) is 10.3 Å². The van der Waals surface area contributed by atoms with Crippen molar-refractivity contribution in [2.75, 3.05) is 25.0 Å². The first-order valence-corrected chi connectivity index (χ1v) is 8.25. The Balaban J connectivity index is 2.73. The molecule has 0 radical (unpaired) electrons. The molecular formula is C16H28BrN3. The second-order valence-corrected chi connectivity index (χ2v) is 7.18. The number of halogens is 1. The van der Waals surface area contributed by atoms with Crippen LogP contribution in [0, 0.1) is 11.8 Å². The topological polar surface area (TPSA) is 28.2 Å². The summed E-state index contributed by atoms with van der Waals surface area (Å²) >= 11 is 3.52. The van der Waals surface area contributed by atoms with Gasteiger partial charge in [0.25, 0.3) is 0 Å². The first-order valence-electron chi connectivity index (χ1n) is 7.46. The largest absolute Gasteiger partial charge is 0.359 e. The van der Waals surface area contributed by atoms with Gasteiger partial charge in [-0.25, -0.2) is 4.98 Å². The molecule has 114 valence electrons. The molecule has 0 aliphatic heterocycles. The monoisotopic (exact) mass is 341 g/mol. The standard InChI is InChI=1S/C16H28BrN3/c1-12(2)6-7-20(5)16-14(8-15(17)11-19-16)10-18-9-13(3)4/h8,11-13,18H,6-7,9-10H2,1-5H3. The number of hydrogen-bond donors (Lipinski definition) is 1.